The minimum atomic E-state index is -0.614. The van der Waals surface area contributed by atoms with Gasteiger partial charge in [0.05, 0.1) is 12.2 Å². The van der Waals surface area contributed by atoms with Crippen molar-refractivity contribution in [1.82, 2.24) is 0 Å². The number of rotatable bonds is 6. The Morgan fingerprint density at radius 1 is 1.04 bits per heavy atom. The number of Topliss-reactive ketones (excluding diaryl/α,β-unsaturated/α-hetero) is 1. The molecule has 0 fully saturated rings. The Morgan fingerprint density at radius 2 is 1.79 bits per heavy atom. The van der Waals surface area contributed by atoms with Crippen LogP contribution in [0.25, 0.3) is 0 Å². The summed E-state index contributed by atoms with van der Waals surface area (Å²) in [6.07, 6.45) is 0.809. The molecule has 0 spiro atoms. The van der Waals surface area contributed by atoms with Crippen molar-refractivity contribution < 1.29 is 19.1 Å². The quantitative estimate of drug-likeness (QED) is 0.426. The van der Waals surface area contributed by atoms with Gasteiger partial charge in [-0.3, -0.25) is 4.79 Å². The molecule has 0 radical (unpaired) electrons. The predicted molar refractivity (Wildman–Crippen MR) is 93.4 cm³/mol. The van der Waals surface area contributed by atoms with Crippen LogP contribution in [-0.2, 0) is 0 Å². The molecule has 4 nitrogen and oxygen atoms in total. The average molecular weight is 347 g/mol. The summed E-state index contributed by atoms with van der Waals surface area (Å²) in [7, 11) is 0. The maximum Gasteiger partial charge on any atom is 0.347 e. The lowest BCUT2D eigenvalue weighted by Crippen LogP contribution is -2.13. The van der Waals surface area contributed by atoms with Crippen LogP contribution in [0.3, 0.4) is 0 Å². The minimum absolute atomic E-state index is 0.175. The lowest BCUT2D eigenvalue weighted by molar-refractivity contribution is 0.0728. The van der Waals surface area contributed by atoms with E-state index in [1.54, 1.807) is 30.3 Å². The fourth-order valence-electron chi connectivity index (χ4n) is 2.16. The third kappa shape index (κ3) is 4.36. The average Bonchev–Trinajstić information content (AvgIpc) is 2.53. The van der Waals surface area contributed by atoms with Gasteiger partial charge in [-0.25, -0.2) is 4.79 Å². The van der Waals surface area contributed by atoms with E-state index in [0.717, 1.165) is 12.0 Å². The van der Waals surface area contributed by atoms with Crippen LogP contribution in [0.4, 0.5) is 0 Å². The molecule has 0 bridgehead atoms. The second-order valence-corrected chi connectivity index (χ2v) is 5.87. The van der Waals surface area contributed by atoms with Crippen molar-refractivity contribution in [2.24, 2.45) is 0 Å². The molecule has 0 aliphatic carbocycles. The maximum atomic E-state index is 12.6. The monoisotopic (exact) mass is 346 g/mol. The van der Waals surface area contributed by atoms with Gasteiger partial charge in [0.15, 0.2) is 5.78 Å². The largest absolute Gasteiger partial charge is 0.493 e. The lowest BCUT2D eigenvalue weighted by Gasteiger charge is -2.13. The van der Waals surface area contributed by atoms with Gasteiger partial charge >= 0.3 is 5.97 Å². The molecule has 0 N–H and O–H groups in total. The third-order valence-corrected chi connectivity index (χ3v) is 3.58. The van der Waals surface area contributed by atoms with Gasteiger partial charge in [0.1, 0.15) is 17.1 Å². The first kappa shape index (κ1) is 18.0. The molecule has 0 saturated carbocycles. The van der Waals surface area contributed by atoms with E-state index in [1.165, 1.54) is 13.0 Å². The van der Waals surface area contributed by atoms with Gasteiger partial charge in [-0.1, -0.05) is 24.6 Å². The number of halogens is 1. The van der Waals surface area contributed by atoms with Crippen molar-refractivity contribution in [1.29, 1.82) is 0 Å². The van der Waals surface area contributed by atoms with Gasteiger partial charge in [-0.05, 0) is 56.2 Å². The molecule has 0 aliphatic rings. The molecule has 0 saturated heterocycles. The number of ketones is 1. The Kier molecular flexibility index (Phi) is 5.99. The molecule has 0 heterocycles. The molecule has 24 heavy (non-hydrogen) atoms. The topological polar surface area (TPSA) is 52.6 Å². The van der Waals surface area contributed by atoms with E-state index in [1.807, 2.05) is 13.8 Å². The number of esters is 1. The van der Waals surface area contributed by atoms with Crippen LogP contribution in [0.1, 0.15) is 46.5 Å². The van der Waals surface area contributed by atoms with Crippen LogP contribution in [0.5, 0.6) is 11.5 Å². The van der Waals surface area contributed by atoms with Gasteiger partial charge in [-0.2, -0.15) is 0 Å². The molecule has 0 aliphatic heterocycles. The number of benzene rings is 2. The highest BCUT2D eigenvalue weighted by atomic mass is 35.5. The number of hydrogen-bond donors (Lipinski definition) is 0. The molecule has 2 aromatic rings. The highest BCUT2D eigenvalue weighted by Crippen LogP contribution is 2.27. The fraction of sp³-hybridized carbons (Fsp3) is 0.263. The second-order valence-electron chi connectivity index (χ2n) is 5.43. The zero-order valence-corrected chi connectivity index (χ0v) is 14.6. The summed E-state index contributed by atoms with van der Waals surface area (Å²) in [6, 6.07) is 9.88. The number of carbonyl (C=O) groups is 2. The summed E-state index contributed by atoms with van der Waals surface area (Å²) in [5.41, 5.74) is 1.47. The van der Waals surface area contributed by atoms with Crippen molar-refractivity contribution in [3.8, 4) is 11.5 Å². The third-order valence-electron chi connectivity index (χ3n) is 3.34. The Hall–Kier alpha value is -2.33. The first-order valence-electron chi connectivity index (χ1n) is 7.68. The molecule has 0 atom stereocenters. The molecule has 2 aromatic carbocycles. The zero-order chi connectivity index (χ0) is 17.7. The lowest BCUT2D eigenvalue weighted by atomic mass is 10.1. The normalized spacial score (nSPS) is 10.3. The van der Waals surface area contributed by atoms with Crippen LogP contribution in [0.15, 0.2) is 36.4 Å². The molecule has 0 aromatic heterocycles. The molecule has 0 unspecified atom stereocenters. The summed E-state index contributed by atoms with van der Waals surface area (Å²) in [5, 5.41) is 0.404. The molecular formula is C19H19ClO4. The van der Waals surface area contributed by atoms with Gasteiger partial charge in [0.25, 0.3) is 0 Å². The Bertz CT molecular complexity index is 768. The van der Waals surface area contributed by atoms with Gasteiger partial charge in [-0.15, -0.1) is 0 Å². The molecular weight excluding hydrogens is 328 g/mol. The van der Waals surface area contributed by atoms with Crippen molar-refractivity contribution in [2.45, 2.75) is 27.2 Å². The summed E-state index contributed by atoms with van der Waals surface area (Å²) < 4.78 is 11.0. The van der Waals surface area contributed by atoms with Crippen LogP contribution >= 0.6 is 11.6 Å². The summed E-state index contributed by atoms with van der Waals surface area (Å²) in [5.74, 6) is -0.153. The van der Waals surface area contributed by atoms with Crippen molar-refractivity contribution >= 4 is 23.4 Å². The molecule has 5 heteroatoms. The molecule has 2 rings (SSSR count). The van der Waals surface area contributed by atoms with Gasteiger partial charge in [0, 0.05) is 5.02 Å². The molecule has 126 valence electrons. The Morgan fingerprint density at radius 3 is 2.46 bits per heavy atom. The first-order chi connectivity index (χ1) is 11.4. The van der Waals surface area contributed by atoms with Gasteiger partial charge in [0.2, 0.25) is 0 Å². The minimum Gasteiger partial charge on any atom is -0.493 e. The highest BCUT2D eigenvalue weighted by Gasteiger charge is 2.18. The van der Waals surface area contributed by atoms with Crippen LogP contribution < -0.4 is 9.47 Å². The Balaban J connectivity index is 2.35. The second kappa shape index (κ2) is 7.97. The number of aryl methyl sites for hydroxylation is 1. The predicted octanol–water partition coefficient (Wildman–Crippen LogP) is 4.86. The van der Waals surface area contributed by atoms with Crippen LogP contribution in [0.2, 0.25) is 5.02 Å². The van der Waals surface area contributed by atoms with Crippen molar-refractivity contribution in [3.63, 3.8) is 0 Å². The number of ether oxygens (including phenoxy) is 2. The summed E-state index contributed by atoms with van der Waals surface area (Å²) in [4.78, 5) is 24.3. The van der Waals surface area contributed by atoms with Gasteiger partial charge < -0.3 is 9.47 Å². The smallest absolute Gasteiger partial charge is 0.347 e. The maximum absolute atomic E-state index is 12.6. The van der Waals surface area contributed by atoms with Crippen LogP contribution in [0, 0.1) is 6.92 Å². The summed E-state index contributed by atoms with van der Waals surface area (Å²) >= 11 is 5.99. The van der Waals surface area contributed by atoms with E-state index in [4.69, 9.17) is 21.1 Å². The molecule has 0 amide bonds. The number of hydrogen-bond acceptors (Lipinski definition) is 4. The standard InChI is InChI=1S/C19H19ClO4/c1-4-9-23-17-8-6-14(20)11-16(17)19(22)24-18-10-12(2)5-7-15(18)13(3)21/h5-8,10-11H,4,9H2,1-3H3. The van der Waals surface area contributed by atoms with E-state index in [2.05, 4.69) is 0 Å². The number of carbonyl (C=O) groups excluding carboxylic acids is 2. The van der Waals surface area contributed by atoms with Crippen LogP contribution in [-0.4, -0.2) is 18.4 Å². The fourth-order valence-corrected chi connectivity index (χ4v) is 2.33. The van der Waals surface area contributed by atoms with E-state index in [-0.39, 0.29) is 17.1 Å². The van der Waals surface area contributed by atoms with E-state index in [9.17, 15) is 9.59 Å². The van der Waals surface area contributed by atoms with E-state index in [0.29, 0.717) is 22.9 Å². The summed E-state index contributed by atoms with van der Waals surface area (Å²) in [6.45, 7) is 5.73. The SMILES string of the molecule is CCCOc1ccc(Cl)cc1C(=O)Oc1cc(C)ccc1C(C)=O. The van der Waals surface area contributed by atoms with E-state index < -0.39 is 5.97 Å². The first-order valence-corrected chi connectivity index (χ1v) is 8.06. The van der Waals surface area contributed by atoms with Crippen molar-refractivity contribution in [2.75, 3.05) is 6.61 Å². The van der Waals surface area contributed by atoms with E-state index >= 15 is 0 Å². The Labute approximate surface area is 146 Å². The highest BCUT2D eigenvalue weighted by molar-refractivity contribution is 6.31. The van der Waals surface area contributed by atoms with Crippen molar-refractivity contribution in [3.05, 3.63) is 58.1 Å². The zero-order valence-electron chi connectivity index (χ0n) is 13.9.